The van der Waals surface area contributed by atoms with Crippen molar-refractivity contribution in [1.29, 1.82) is 0 Å². The van der Waals surface area contributed by atoms with E-state index in [-0.39, 0.29) is 12.6 Å². The second-order valence-electron chi connectivity index (χ2n) is 4.59. The van der Waals surface area contributed by atoms with Gasteiger partial charge >= 0.3 is 0 Å². The SMILES string of the molecule is Nc1ncnc2c1ncn2C1COC(CO)C(O)C1. The maximum atomic E-state index is 9.89. The van der Waals surface area contributed by atoms with Crippen molar-refractivity contribution in [2.45, 2.75) is 24.7 Å². The highest BCUT2D eigenvalue weighted by Crippen LogP contribution is 2.27. The molecule has 0 radical (unpaired) electrons. The van der Waals surface area contributed by atoms with Crippen LogP contribution in [0.5, 0.6) is 0 Å². The van der Waals surface area contributed by atoms with E-state index in [9.17, 15) is 5.11 Å². The van der Waals surface area contributed by atoms with Crippen LogP contribution in [0.2, 0.25) is 0 Å². The van der Waals surface area contributed by atoms with Gasteiger partial charge in [0.2, 0.25) is 0 Å². The third-order valence-electron chi connectivity index (χ3n) is 3.41. The summed E-state index contributed by atoms with van der Waals surface area (Å²) in [5.41, 5.74) is 6.89. The molecule has 0 bridgehead atoms. The lowest BCUT2D eigenvalue weighted by Gasteiger charge is -2.32. The van der Waals surface area contributed by atoms with E-state index in [0.29, 0.717) is 30.0 Å². The molecule has 3 rings (SSSR count). The quantitative estimate of drug-likeness (QED) is 0.643. The van der Waals surface area contributed by atoms with E-state index in [1.165, 1.54) is 6.33 Å². The minimum absolute atomic E-state index is 0.0860. The highest BCUT2D eigenvalue weighted by Gasteiger charge is 2.31. The van der Waals surface area contributed by atoms with Crippen molar-refractivity contribution in [3.8, 4) is 0 Å². The van der Waals surface area contributed by atoms with E-state index in [2.05, 4.69) is 15.0 Å². The molecule has 0 aromatic carbocycles. The molecule has 8 nitrogen and oxygen atoms in total. The number of nitrogens with zero attached hydrogens (tertiary/aromatic N) is 4. The molecule has 8 heteroatoms. The summed E-state index contributed by atoms with van der Waals surface area (Å²) in [6, 6.07) is -0.0860. The zero-order valence-electron chi connectivity index (χ0n) is 10.2. The molecule has 1 aliphatic rings. The number of imidazole rings is 1. The Morgan fingerprint density at radius 1 is 1.42 bits per heavy atom. The van der Waals surface area contributed by atoms with Gasteiger partial charge in [0.15, 0.2) is 11.5 Å². The van der Waals surface area contributed by atoms with E-state index in [1.54, 1.807) is 6.33 Å². The van der Waals surface area contributed by atoms with Crippen LogP contribution < -0.4 is 5.73 Å². The first-order chi connectivity index (χ1) is 9.20. The number of rotatable bonds is 2. The lowest BCUT2D eigenvalue weighted by Crippen LogP contribution is -2.41. The van der Waals surface area contributed by atoms with Crippen LogP contribution >= 0.6 is 0 Å². The van der Waals surface area contributed by atoms with E-state index >= 15 is 0 Å². The van der Waals surface area contributed by atoms with Gasteiger partial charge in [0.25, 0.3) is 0 Å². The molecule has 1 aliphatic heterocycles. The summed E-state index contributed by atoms with van der Waals surface area (Å²) in [4.78, 5) is 12.2. The van der Waals surface area contributed by atoms with Gasteiger partial charge in [-0.3, -0.25) is 0 Å². The molecule has 2 aromatic rings. The van der Waals surface area contributed by atoms with Gasteiger partial charge in [0.1, 0.15) is 17.9 Å². The number of hydrogen-bond acceptors (Lipinski definition) is 7. The third kappa shape index (κ3) is 2.03. The number of fused-ring (bicyclic) bond motifs is 1. The number of anilines is 1. The van der Waals surface area contributed by atoms with E-state index in [0.717, 1.165) is 0 Å². The van der Waals surface area contributed by atoms with Crippen molar-refractivity contribution >= 4 is 17.0 Å². The van der Waals surface area contributed by atoms with Crippen molar-refractivity contribution in [2.24, 2.45) is 0 Å². The van der Waals surface area contributed by atoms with Gasteiger partial charge < -0.3 is 25.3 Å². The molecular weight excluding hydrogens is 250 g/mol. The fourth-order valence-electron chi connectivity index (χ4n) is 2.35. The van der Waals surface area contributed by atoms with Crippen molar-refractivity contribution in [3.63, 3.8) is 0 Å². The summed E-state index contributed by atoms with van der Waals surface area (Å²) in [5, 5.41) is 18.9. The molecule has 102 valence electrons. The summed E-state index contributed by atoms with van der Waals surface area (Å²) in [7, 11) is 0. The van der Waals surface area contributed by atoms with Crippen molar-refractivity contribution in [1.82, 2.24) is 19.5 Å². The number of hydrogen-bond donors (Lipinski definition) is 3. The lowest BCUT2D eigenvalue weighted by atomic mass is 10.0. The topological polar surface area (TPSA) is 119 Å². The van der Waals surface area contributed by atoms with Crippen LogP contribution in [0.15, 0.2) is 12.7 Å². The minimum atomic E-state index is -0.708. The van der Waals surface area contributed by atoms with Crippen LogP contribution in [0.3, 0.4) is 0 Å². The van der Waals surface area contributed by atoms with Gasteiger partial charge in [-0.05, 0) is 6.42 Å². The van der Waals surface area contributed by atoms with Crippen molar-refractivity contribution in [2.75, 3.05) is 18.9 Å². The number of aromatic nitrogens is 4. The van der Waals surface area contributed by atoms with Gasteiger partial charge in [-0.1, -0.05) is 0 Å². The monoisotopic (exact) mass is 265 g/mol. The molecule has 3 heterocycles. The van der Waals surface area contributed by atoms with Crippen molar-refractivity contribution in [3.05, 3.63) is 12.7 Å². The smallest absolute Gasteiger partial charge is 0.165 e. The molecule has 0 aliphatic carbocycles. The molecule has 1 fully saturated rings. The molecule has 3 atom stereocenters. The maximum absolute atomic E-state index is 9.89. The Kier molecular flexibility index (Phi) is 3.05. The van der Waals surface area contributed by atoms with Gasteiger partial charge in [0.05, 0.1) is 31.7 Å². The number of nitrogens with two attached hydrogens (primary N) is 1. The van der Waals surface area contributed by atoms with Crippen LogP contribution in [-0.2, 0) is 4.74 Å². The maximum Gasteiger partial charge on any atom is 0.165 e. The average molecular weight is 265 g/mol. The largest absolute Gasteiger partial charge is 0.394 e. The van der Waals surface area contributed by atoms with Crippen LogP contribution in [-0.4, -0.2) is 55.2 Å². The normalized spacial score (nSPS) is 27.8. The zero-order chi connectivity index (χ0) is 13.4. The Balaban J connectivity index is 1.91. The highest BCUT2D eigenvalue weighted by atomic mass is 16.5. The molecule has 3 unspecified atom stereocenters. The van der Waals surface area contributed by atoms with Gasteiger partial charge in [-0.2, -0.15) is 0 Å². The Labute approximate surface area is 108 Å². The predicted octanol–water partition coefficient (Wildman–Crippen LogP) is -0.908. The van der Waals surface area contributed by atoms with E-state index in [4.69, 9.17) is 15.6 Å². The summed E-state index contributed by atoms with van der Waals surface area (Å²) < 4.78 is 7.26. The first-order valence-corrected chi connectivity index (χ1v) is 6.04. The highest BCUT2D eigenvalue weighted by molar-refractivity contribution is 5.81. The first-order valence-electron chi connectivity index (χ1n) is 6.04. The second-order valence-corrected chi connectivity index (χ2v) is 4.59. The fraction of sp³-hybridized carbons (Fsp3) is 0.545. The average Bonchev–Trinajstić information content (AvgIpc) is 2.84. The van der Waals surface area contributed by atoms with Crippen LogP contribution in [0, 0.1) is 0 Å². The lowest BCUT2D eigenvalue weighted by molar-refractivity contribution is -0.112. The molecule has 1 saturated heterocycles. The van der Waals surface area contributed by atoms with Crippen LogP contribution in [0.1, 0.15) is 12.5 Å². The molecule has 0 spiro atoms. The fourth-order valence-corrected chi connectivity index (χ4v) is 2.35. The number of nitrogen functional groups attached to an aromatic ring is 1. The van der Waals surface area contributed by atoms with E-state index in [1.807, 2.05) is 4.57 Å². The van der Waals surface area contributed by atoms with Gasteiger partial charge in [0, 0.05) is 0 Å². The summed E-state index contributed by atoms with van der Waals surface area (Å²) in [6.07, 6.45) is 2.24. The standard InChI is InChI=1S/C11H15N5O3/c12-10-9-11(14-4-13-10)16(5-15-9)6-1-7(18)8(2-17)19-3-6/h4-8,17-18H,1-3H2,(H2,12,13,14). The molecule has 0 saturated carbocycles. The van der Waals surface area contributed by atoms with Crippen LogP contribution in [0.25, 0.3) is 11.2 Å². The number of ether oxygens (including phenoxy) is 1. The Morgan fingerprint density at radius 3 is 3.00 bits per heavy atom. The summed E-state index contributed by atoms with van der Waals surface area (Å²) >= 11 is 0. The molecule has 2 aromatic heterocycles. The van der Waals surface area contributed by atoms with Crippen LogP contribution in [0.4, 0.5) is 5.82 Å². The third-order valence-corrected chi connectivity index (χ3v) is 3.41. The summed E-state index contributed by atoms with van der Waals surface area (Å²) in [5.74, 6) is 0.328. The predicted molar refractivity (Wildman–Crippen MR) is 66.2 cm³/mol. The second kappa shape index (κ2) is 4.72. The molecule has 0 amide bonds. The Hall–Kier alpha value is -1.77. The molecular formula is C11H15N5O3. The number of aliphatic hydroxyl groups excluding tert-OH is 2. The molecule has 4 N–H and O–H groups in total. The Morgan fingerprint density at radius 2 is 2.26 bits per heavy atom. The van der Waals surface area contributed by atoms with E-state index < -0.39 is 12.2 Å². The summed E-state index contributed by atoms with van der Waals surface area (Å²) in [6.45, 7) is 0.200. The van der Waals surface area contributed by atoms with Crippen molar-refractivity contribution < 1.29 is 14.9 Å². The Bertz CT molecular complexity index is 587. The zero-order valence-corrected chi connectivity index (χ0v) is 10.2. The van der Waals surface area contributed by atoms with Gasteiger partial charge in [-0.15, -0.1) is 0 Å². The van der Waals surface area contributed by atoms with Gasteiger partial charge in [-0.25, -0.2) is 15.0 Å². The first kappa shape index (κ1) is 12.3. The minimum Gasteiger partial charge on any atom is -0.394 e. The number of aliphatic hydroxyl groups is 2. The molecule has 19 heavy (non-hydrogen) atoms.